The maximum absolute atomic E-state index is 13.1. The van der Waals surface area contributed by atoms with E-state index in [1.54, 1.807) is 6.07 Å². The van der Waals surface area contributed by atoms with Crippen molar-refractivity contribution >= 4 is 11.9 Å². The van der Waals surface area contributed by atoms with Gasteiger partial charge in [-0.05, 0) is 37.0 Å². The van der Waals surface area contributed by atoms with Gasteiger partial charge in [0, 0.05) is 12.0 Å². The molecule has 0 bridgehead atoms. The van der Waals surface area contributed by atoms with Crippen LogP contribution >= 0.6 is 0 Å². The minimum absolute atomic E-state index is 0.0638. The summed E-state index contributed by atoms with van der Waals surface area (Å²) in [4.78, 5) is 22.9. The number of benzene rings is 1. The lowest BCUT2D eigenvalue weighted by Gasteiger charge is -2.10. The van der Waals surface area contributed by atoms with Crippen LogP contribution in [0.15, 0.2) is 24.3 Å². The molecule has 1 aromatic rings. The maximum atomic E-state index is 13.1. The van der Waals surface area contributed by atoms with Crippen LogP contribution in [0.1, 0.15) is 30.7 Å². The van der Waals surface area contributed by atoms with Crippen molar-refractivity contribution in [1.29, 1.82) is 0 Å². The molecule has 19 heavy (non-hydrogen) atoms. The first kappa shape index (κ1) is 12.1. The molecule has 3 rings (SSSR count). The van der Waals surface area contributed by atoms with Gasteiger partial charge in [-0.15, -0.1) is 0 Å². The molecule has 4 nitrogen and oxygen atoms in total. The van der Waals surface area contributed by atoms with Crippen LogP contribution in [0.2, 0.25) is 0 Å². The summed E-state index contributed by atoms with van der Waals surface area (Å²) in [5, 5.41) is 11.8. The van der Waals surface area contributed by atoms with Gasteiger partial charge in [-0.25, -0.2) is 4.39 Å². The zero-order valence-electron chi connectivity index (χ0n) is 10.2. The van der Waals surface area contributed by atoms with E-state index < -0.39 is 17.3 Å². The molecule has 0 saturated heterocycles. The number of carboxylic acid groups (broad SMARTS) is 1. The minimum Gasteiger partial charge on any atom is -0.480 e. The second-order valence-electron chi connectivity index (χ2n) is 5.36. The Morgan fingerprint density at radius 2 is 2.11 bits per heavy atom. The van der Waals surface area contributed by atoms with Crippen LogP contribution < -0.4 is 5.32 Å². The molecule has 1 aromatic carbocycles. The van der Waals surface area contributed by atoms with Gasteiger partial charge in [0.15, 0.2) is 0 Å². The Kier molecular flexibility index (Phi) is 2.59. The van der Waals surface area contributed by atoms with Gasteiger partial charge in [-0.3, -0.25) is 9.59 Å². The highest BCUT2D eigenvalue weighted by molar-refractivity contribution is 6.05. The van der Waals surface area contributed by atoms with E-state index in [0.29, 0.717) is 12.8 Å². The summed E-state index contributed by atoms with van der Waals surface area (Å²) < 4.78 is 13.1. The van der Waals surface area contributed by atoms with Crippen LogP contribution in [-0.2, 0) is 9.59 Å². The average Bonchev–Trinajstić information content (AvgIpc) is 3.23. The molecule has 0 heterocycles. The molecule has 0 aromatic heterocycles. The summed E-state index contributed by atoms with van der Waals surface area (Å²) in [7, 11) is 0. The number of carbonyl (C=O) groups excluding carboxylic acids is 1. The molecule has 0 spiro atoms. The second-order valence-corrected chi connectivity index (χ2v) is 5.36. The lowest BCUT2D eigenvalue weighted by molar-refractivity contribution is -0.149. The molecule has 100 valence electrons. The predicted molar refractivity (Wildman–Crippen MR) is 65.0 cm³/mol. The van der Waals surface area contributed by atoms with Gasteiger partial charge in [-0.1, -0.05) is 12.1 Å². The fourth-order valence-corrected chi connectivity index (χ4v) is 2.43. The lowest BCUT2D eigenvalue weighted by Crippen LogP contribution is -2.38. The molecule has 2 N–H and O–H groups in total. The summed E-state index contributed by atoms with van der Waals surface area (Å²) in [5.74, 6) is -1.64. The molecule has 2 saturated carbocycles. The van der Waals surface area contributed by atoms with Gasteiger partial charge in [-0.2, -0.15) is 0 Å². The standard InChI is InChI=1S/C14H14FNO3/c15-9-3-1-2-8(6-9)10-7-11(10)16-12(17)14(4-5-14)13(18)19/h1-3,6,10-11H,4-5,7H2,(H,16,17)(H,18,19)/t10-,11-/m0/s1. The third-order valence-corrected chi connectivity index (χ3v) is 3.98. The van der Waals surface area contributed by atoms with Crippen molar-refractivity contribution < 1.29 is 19.1 Å². The topological polar surface area (TPSA) is 66.4 Å². The van der Waals surface area contributed by atoms with Crippen molar-refractivity contribution in [3.63, 3.8) is 0 Å². The van der Waals surface area contributed by atoms with Gasteiger partial charge >= 0.3 is 5.97 Å². The number of carbonyl (C=O) groups is 2. The average molecular weight is 263 g/mol. The summed E-state index contributed by atoms with van der Waals surface area (Å²) in [6.45, 7) is 0. The molecule has 2 atom stereocenters. The summed E-state index contributed by atoms with van der Waals surface area (Å²) in [5.41, 5.74) is -0.347. The number of nitrogens with one attached hydrogen (secondary N) is 1. The normalized spacial score (nSPS) is 26.6. The van der Waals surface area contributed by atoms with Crippen molar-refractivity contribution in [3.8, 4) is 0 Å². The van der Waals surface area contributed by atoms with Crippen LogP contribution in [0.25, 0.3) is 0 Å². The fraction of sp³-hybridized carbons (Fsp3) is 0.429. The van der Waals surface area contributed by atoms with Gasteiger partial charge < -0.3 is 10.4 Å². The van der Waals surface area contributed by atoms with E-state index in [1.165, 1.54) is 12.1 Å². The highest BCUT2D eigenvalue weighted by Crippen LogP contribution is 2.48. The van der Waals surface area contributed by atoms with Crippen molar-refractivity contribution in [2.75, 3.05) is 0 Å². The van der Waals surface area contributed by atoms with E-state index in [4.69, 9.17) is 5.11 Å². The molecular formula is C14H14FNO3. The molecule has 1 amide bonds. The first-order valence-electron chi connectivity index (χ1n) is 6.33. The highest BCUT2D eigenvalue weighted by atomic mass is 19.1. The fourth-order valence-electron chi connectivity index (χ4n) is 2.43. The number of rotatable bonds is 4. The smallest absolute Gasteiger partial charge is 0.319 e. The van der Waals surface area contributed by atoms with E-state index in [9.17, 15) is 14.0 Å². The predicted octanol–water partition coefficient (Wildman–Crippen LogP) is 1.66. The number of hydrogen-bond donors (Lipinski definition) is 2. The summed E-state index contributed by atoms with van der Waals surface area (Å²) in [6.07, 6.45) is 1.56. The molecule has 0 radical (unpaired) electrons. The zero-order chi connectivity index (χ0) is 13.6. The first-order chi connectivity index (χ1) is 9.03. The maximum Gasteiger partial charge on any atom is 0.319 e. The van der Waals surface area contributed by atoms with Gasteiger partial charge in [0.2, 0.25) is 5.91 Å². The van der Waals surface area contributed by atoms with Crippen molar-refractivity contribution in [2.24, 2.45) is 5.41 Å². The minimum atomic E-state index is -1.20. The lowest BCUT2D eigenvalue weighted by atomic mass is 10.1. The Balaban J connectivity index is 1.62. The SMILES string of the molecule is O=C(O)C1(C(=O)N[C@H]2C[C@H]2c2cccc(F)c2)CC1. The van der Waals surface area contributed by atoms with Gasteiger partial charge in [0.1, 0.15) is 11.2 Å². The van der Waals surface area contributed by atoms with Crippen LogP contribution in [0.5, 0.6) is 0 Å². The monoisotopic (exact) mass is 263 g/mol. The van der Waals surface area contributed by atoms with Crippen molar-refractivity contribution in [3.05, 3.63) is 35.6 Å². The molecule has 2 fully saturated rings. The van der Waals surface area contributed by atoms with Crippen molar-refractivity contribution in [2.45, 2.75) is 31.2 Å². The molecule has 2 aliphatic carbocycles. The summed E-state index contributed by atoms with van der Waals surface area (Å²) >= 11 is 0. The number of carboxylic acids is 1. The third kappa shape index (κ3) is 2.09. The van der Waals surface area contributed by atoms with Gasteiger partial charge in [0.25, 0.3) is 0 Å². The number of amides is 1. The molecule has 0 unspecified atom stereocenters. The number of halogens is 1. The van der Waals surface area contributed by atoms with Crippen LogP contribution in [0.3, 0.4) is 0 Å². The first-order valence-corrected chi connectivity index (χ1v) is 6.33. The number of aliphatic carboxylic acids is 1. The van der Waals surface area contributed by atoms with Crippen LogP contribution in [0.4, 0.5) is 4.39 Å². The Labute approximate surface area is 109 Å². The Bertz CT molecular complexity index is 553. The molecule has 2 aliphatic rings. The second kappa shape index (κ2) is 4.05. The number of hydrogen-bond acceptors (Lipinski definition) is 2. The van der Waals surface area contributed by atoms with E-state index in [-0.39, 0.29) is 17.8 Å². The molecule has 5 heteroatoms. The van der Waals surface area contributed by atoms with Gasteiger partial charge in [0.05, 0.1) is 0 Å². The Hall–Kier alpha value is -1.91. The summed E-state index contributed by atoms with van der Waals surface area (Å²) in [6, 6.07) is 6.24. The Morgan fingerprint density at radius 3 is 2.68 bits per heavy atom. The van der Waals surface area contributed by atoms with E-state index in [1.807, 2.05) is 6.07 Å². The van der Waals surface area contributed by atoms with E-state index in [0.717, 1.165) is 12.0 Å². The highest BCUT2D eigenvalue weighted by Gasteiger charge is 2.58. The van der Waals surface area contributed by atoms with E-state index >= 15 is 0 Å². The van der Waals surface area contributed by atoms with Crippen LogP contribution in [-0.4, -0.2) is 23.0 Å². The van der Waals surface area contributed by atoms with Crippen LogP contribution in [0, 0.1) is 11.2 Å². The quantitative estimate of drug-likeness (QED) is 0.812. The molecular weight excluding hydrogens is 249 g/mol. The molecule has 0 aliphatic heterocycles. The Morgan fingerprint density at radius 1 is 1.37 bits per heavy atom. The van der Waals surface area contributed by atoms with Crippen molar-refractivity contribution in [1.82, 2.24) is 5.32 Å². The zero-order valence-corrected chi connectivity index (χ0v) is 10.2. The largest absolute Gasteiger partial charge is 0.480 e. The third-order valence-electron chi connectivity index (χ3n) is 3.98. The van der Waals surface area contributed by atoms with E-state index in [2.05, 4.69) is 5.32 Å².